The largest absolute Gasteiger partial charge is 0.470 e. The maximum absolute atomic E-state index is 14.6. The van der Waals surface area contributed by atoms with Gasteiger partial charge in [-0.15, -0.1) is 5.10 Å². The highest BCUT2D eigenvalue weighted by molar-refractivity contribution is 7.90. The molecule has 13 heteroatoms. The molecular weight excluding hydrogens is 519 g/mol. The second kappa shape index (κ2) is 10.0. The first-order chi connectivity index (χ1) is 17.7. The number of hydrogen-bond donors (Lipinski definition) is 1. The molecular formula is C24H27FN6O4S2. The van der Waals surface area contributed by atoms with E-state index in [1.54, 1.807) is 18.3 Å². The van der Waals surface area contributed by atoms with Crippen LogP contribution in [-0.2, 0) is 15.3 Å². The minimum atomic E-state index is -3.61. The number of rotatable bonds is 8. The molecule has 1 unspecified atom stereocenters. The van der Waals surface area contributed by atoms with Gasteiger partial charge >= 0.3 is 0 Å². The van der Waals surface area contributed by atoms with Crippen molar-refractivity contribution in [3.05, 3.63) is 42.2 Å². The van der Waals surface area contributed by atoms with Crippen LogP contribution in [0, 0.1) is 17.8 Å². The lowest BCUT2D eigenvalue weighted by molar-refractivity contribution is 0.0902. The lowest BCUT2D eigenvalue weighted by atomic mass is 9.63. The molecule has 0 aliphatic carbocycles. The van der Waals surface area contributed by atoms with Crippen LogP contribution in [0.15, 0.2) is 40.0 Å². The van der Waals surface area contributed by atoms with E-state index in [0.717, 1.165) is 31.5 Å². The molecule has 1 aliphatic rings. The summed E-state index contributed by atoms with van der Waals surface area (Å²) >= 11 is 1.27. The third kappa shape index (κ3) is 5.07. The third-order valence-electron chi connectivity index (χ3n) is 6.97. The normalized spacial score (nSPS) is 20.5. The number of sulfone groups is 1. The summed E-state index contributed by atoms with van der Waals surface area (Å²) in [5.41, 5.74) is 0.826. The van der Waals surface area contributed by atoms with Crippen molar-refractivity contribution < 1.29 is 22.1 Å². The Labute approximate surface area is 217 Å². The first-order valence-electron chi connectivity index (χ1n) is 11.9. The number of halogens is 1. The first kappa shape index (κ1) is 25.6. The Bertz CT molecular complexity index is 1510. The van der Waals surface area contributed by atoms with Gasteiger partial charge in [0.1, 0.15) is 10.3 Å². The molecule has 1 N–H and O–H groups in total. The molecule has 37 heavy (non-hydrogen) atoms. The van der Waals surface area contributed by atoms with Crippen molar-refractivity contribution in [2.24, 2.45) is 11.8 Å². The van der Waals surface area contributed by atoms with E-state index in [1.807, 2.05) is 0 Å². The van der Waals surface area contributed by atoms with Crippen LogP contribution >= 0.6 is 11.3 Å². The highest BCUT2D eigenvalue weighted by Crippen LogP contribution is 2.44. The Hall–Kier alpha value is -3.03. The molecule has 10 nitrogen and oxygen atoms in total. The lowest BCUT2D eigenvalue weighted by Gasteiger charge is -2.44. The van der Waals surface area contributed by atoms with Crippen molar-refractivity contribution in [2.75, 3.05) is 26.0 Å². The quantitative estimate of drug-likeness (QED) is 0.327. The van der Waals surface area contributed by atoms with E-state index in [1.165, 1.54) is 23.5 Å². The van der Waals surface area contributed by atoms with E-state index in [4.69, 9.17) is 9.26 Å². The number of pyridine rings is 2. The van der Waals surface area contributed by atoms with Gasteiger partial charge in [-0.2, -0.15) is 4.39 Å². The van der Waals surface area contributed by atoms with Crippen LogP contribution in [-0.4, -0.2) is 59.7 Å². The van der Waals surface area contributed by atoms with E-state index in [0.29, 0.717) is 46.1 Å². The van der Waals surface area contributed by atoms with Gasteiger partial charge in [0.25, 0.3) is 5.19 Å². The number of nitrogens with one attached hydrogen (secondary N) is 1. The topological polar surface area (TPSA) is 133 Å². The number of hydrogen-bond acceptors (Lipinski definition) is 11. The standard InChI is InChI=1S/C24H27FN6O4S2/c1-14(2)16-12-26-10-8-24(16,19-13-27-31-35-19)9-11-34-23-29-18-6-5-17(28-22(18)36-23)15-4-7-20(30-21(15)25)37(3,32)33/h4-7,13-14,16,26H,8-12H2,1-3H3/t16?,24-/m0/s1. The third-order valence-corrected chi connectivity index (χ3v) is 8.83. The van der Waals surface area contributed by atoms with Gasteiger partial charge in [0.15, 0.2) is 20.6 Å². The van der Waals surface area contributed by atoms with E-state index in [-0.39, 0.29) is 16.0 Å². The monoisotopic (exact) mass is 546 g/mol. The van der Waals surface area contributed by atoms with Crippen LogP contribution in [0.2, 0.25) is 0 Å². The second-order valence-electron chi connectivity index (χ2n) is 9.60. The summed E-state index contributed by atoms with van der Waals surface area (Å²) in [5.74, 6) is 0.634. The minimum Gasteiger partial charge on any atom is -0.470 e. The van der Waals surface area contributed by atoms with Crippen LogP contribution in [0.3, 0.4) is 0 Å². The molecule has 0 saturated carbocycles. The molecule has 0 amide bonds. The summed E-state index contributed by atoms with van der Waals surface area (Å²) in [6.07, 6.45) is 4.29. The van der Waals surface area contributed by atoms with Crippen molar-refractivity contribution in [2.45, 2.75) is 37.1 Å². The van der Waals surface area contributed by atoms with E-state index in [2.05, 4.69) is 44.5 Å². The Kier molecular flexibility index (Phi) is 6.94. The molecule has 1 fully saturated rings. The van der Waals surface area contributed by atoms with Gasteiger partial charge < -0.3 is 14.6 Å². The molecule has 196 valence electrons. The van der Waals surface area contributed by atoms with Gasteiger partial charge in [-0.05, 0) is 62.0 Å². The lowest BCUT2D eigenvalue weighted by Crippen LogP contribution is -2.50. The molecule has 2 atom stereocenters. The van der Waals surface area contributed by atoms with Gasteiger partial charge in [-0.1, -0.05) is 25.2 Å². The van der Waals surface area contributed by atoms with Crippen molar-refractivity contribution in [1.29, 1.82) is 0 Å². The van der Waals surface area contributed by atoms with Crippen molar-refractivity contribution in [1.82, 2.24) is 30.6 Å². The fourth-order valence-corrected chi connectivity index (χ4v) is 6.47. The second-order valence-corrected chi connectivity index (χ2v) is 12.5. The fraction of sp³-hybridized carbons (Fsp3) is 0.458. The molecule has 0 radical (unpaired) electrons. The predicted octanol–water partition coefficient (Wildman–Crippen LogP) is 3.65. The number of nitrogens with zero attached hydrogens (tertiary/aromatic N) is 5. The van der Waals surface area contributed by atoms with E-state index in [9.17, 15) is 12.8 Å². The average Bonchev–Trinajstić information content (AvgIpc) is 3.53. The molecule has 0 bridgehead atoms. The van der Waals surface area contributed by atoms with Gasteiger partial charge in [0, 0.05) is 16.9 Å². The number of aromatic nitrogens is 5. The Morgan fingerprint density at radius 1 is 1.24 bits per heavy atom. The number of thiazole rings is 1. The number of fused-ring (bicyclic) bond motifs is 1. The van der Waals surface area contributed by atoms with E-state index < -0.39 is 15.8 Å². The summed E-state index contributed by atoms with van der Waals surface area (Å²) in [7, 11) is -3.61. The van der Waals surface area contributed by atoms with Gasteiger partial charge in [0.05, 0.1) is 24.1 Å². The Balaban J connectivity index is 1.35. The summed E-state index contributed by atoms with van der Waals surface area (Å²) < 4.78 is 49.5. The maximum Gasteiger partial charge on any atom is 0.275 e. The van der Waals surface area contributed by atoms with Crippen molar-refractivity contribution >= 4 is 31.5 Å². The zero-order valence-corrected chi connectivity index (χ0v) is 22.3. The Morgan fingerprint density at radius 2 is 2.08 bits per heavy atom. The zero-order valence-electron chi connectivity index (χ0n) is 20.6. The van der Waals surface area contributed by atoms with Gasteiger partial charge in [0.2, 0.25) is 5.95 Å². The molecule has 5 rings (SSSR count). The van der Waals surface area contributed by atoms with Crippen LogP contribution < -0.4 is 10.1 Å². The zero-order chi connectivity index (χ0) is 26.2. The summed E-state index contributed by atoms with van der Waals surface area (Å²) in [5, 5.41) is 11.3. The molecule has 0 spiro atoms. The molecule has 4 aromatic rings. The number of ether oxygens (including phenoxy) is 1. The highest BCUT2D eigenvalue weighted by atomic mass is 32.2. The highest BCUT2D eigenvalue weighted by Gasteiger charge is 2.46. The van der Waals surface area contributed by atoms with Crippen molar-refractivity contribution in [3.8, 4) is 16.5 Å². The van der Waals surface area contributed by atoms with Crippen LogP contribution in [0.5, 0.6) is 5.19 Å². The molecule has 5 heterocycles. The fourth-order valence-electron chi connectivity index (χ4n) is 5.09. The number of piperidine rings is 1. The SMILES string of the molecule is CC(C)C1CNCC[C@@]1(CCOc1nc2ccc(-c3ccc(S(C)(=O)=O)nc3F)nc2s1)c1cnno1. The maximum atomic E-state index is 14.6. The van der Waals surface area contributed by atoms with E-state index >= 15 is 0 Å². The molecule has 4 aromatic heterocycles. The molecule has 1 aliphatic heterocycles. The minimum absolute atomic E-state index is 0.110. The average molecular weight is 547 g/mol. The Morgan fingerprint density at radius 3 is 2.78 bits per heavy atom. The molecule has 0 aromatic carbocycles. The molecule has 1 saturated heterocycles. The predicted molar refractivity (Wildman–Crippen MR) is 136 cm³/mol. The van der Waals surface area contributed by atoms with Crippen LogP contribution in [0.25, 0.3) is 21.6 Å². The van der Waals surface area contributed by atoms with Crippen LogP contribution in [0.4, 0.5) is 4.39 Å². The van der Waals surface area contributed by atoms with Crippen molar-refractivity contribution in [3.63, 3.8) is 0 Å². The summed E-state index contributed by atoms with van der Waals surface area (Å²) in [4.78, 5) is 13.2. The first-order valence-corrected chi connectivity index (χ1v) is 14.6. The summed E-state index contributed by atoms with van der Waals surface area (Å²) in [6.45, 7) is 6.58. The van der Waals surface area contributed by atoms with Gasteiger partial charge in [-0.3, -0.25) is 0 Å². The van der Waals surface area contributed by atoms with Crippen LogP contribution in [0.1, 0.15) is 32.4 Å². The smallest absolute Gasteiger partial charge is 0.275 e. The summed E-state index contributed by atoms with van der Waals surface area (Å²) in [6, 6.07) is 5.99. The van der Waals surface area contributed by atoms with Gasteiger partial charge in [-0.25, -0.2) is 23.4 Å².